The number of hydrogen-bond acceptors (Lipinski definition) is 9. The third kappa shape index (κ3) is 5.26. The molecule has 11 nitrogen and oxygen atoms in total. The number of aromatic nitrogens is 5. The van der Waals surface area contributed by atoms with E-state index in [1.165, 1.54) is 25.7 Å². The number of aromatic amines is 1. The van der Waals surface area contributed by atoms with Gasteiger partial charge in [0.05, 0.1) is 29.2 Å². The quantitative estimate of drug-likeness (QED) is 0.219. The summed E-state index contributed by atoms with van der Waals surface area (Å²) in [6.45, 7) is 3.27. The van der Waals surface area contributed by atoms with Crippen LogP contribution in [0, 0.1) is 17.2 Å². The number of H-pyrrole nitrogens is 1. The second-order valence-corrected chi connectivity index (χ2v) is 15.4. The van der Waals surface area contributed by atoms with Crippen LogP contribution in [0.4, 0.5) is 19.4 Å². The number of carbonyl (C=O) groups is 1. The first-order valence-electron chi connectivity index (χ1n) is 17.4. The molecular weight excluding hydrogens is 654 g/mol. The third-order valence-electron chi connectivity index (χ3n) is 12.0. The van der Waals surface area contributed by atoms with E-state index >= 15 is 4.39 Å². The zero-order valence-corrected chi connectivity index (χ0v) is 27.9. The predicted molar refractivity (Wildman–Crippen MR) is 180 cm³/mol. The number of carbonyl (C=O) groups excluding carboxylic acids is 1. The molecule has 2 unspecified atom stereocenters. The number of benzene rings is 1. The van der Waals surface area contributed by atoms with Crippen LogP contribution >= 0.6 is 11.6 Å². The maximum atomic E-state index is 17.3. The Labute approximate surface area is 286 Å². The minimum atomic E-state index is -0.893. The van der Waals surface area contributed by atoms with Gasteiger partial charge in [0.25, 0.3) is 0 Å². The summed E-state index contributed by atoms with van der Waals surface area (Å²) in [6.07, 6.45) is 10.3. The number of rotatable bonds is 8. The number of alkyl halides is 1. The molecule has 5 fully saturated rings. The van der Waals surface area contributed by atoms with E-state index in [0.717, 1.165) is 44.5 Å². The van der Waals surface area contributed by atoms with E-state index in [2.05, 4.69) is 20.0 Å². The predicted octanol–water partition coefficient (Wildman–Crippen LogP) is 6.29. The summed E-state index contributed by atoms with van der Waals surface area (Å²) in [4.78, 5) is 30.1. The summed E-state index contributed by atoms with van der Waals surface area (Å²) in [7, 11) is 0. The Morgan fingerprint density at radius 3 is 2.78 bits per heavy atom. The second-order valence-electron chi connectivity index (χ2n) is 15.0. The van der Waals surface area contributed by atoms with Gasteiger partial charge in [-0.15, -0.1) is 0 Å². The number of fused-ring (bicyclic) bond motifs is 3. The van der Waals surface area contributed by atoms with Gasteiger partial charge in [0, 0.05) is 54.1 Å². The number of nitrogens with two attached hydrogens (primary N) is 1. The van der Waals surface area contributed by atoms with Crippen LogP contribution < -0.4 is 15.4 Å². The molecule has 0 bridgehead atoms. The van der Waals surface area contributed by atoms with Crippen LogP contribution in [0.5, 0.6) is 6.01 Å². The molecule has 1 aromatic carbocycles. The first-order valence-corrected chi connectivity index (χ1v) is 17.8. The van der Waals surface area contributed by atoms with Crippen LogP contribution in [0.15, 0.2) is 18.5 Å². The second kappa shape index (κ2) is 11.6. The first-order chi connectivity index (χ1) is 23.7. The SMILES string of the molecule is NC(=O)OCC1CC1c1c(Cl)cc2[nH]ncc2c1-c1ncc2c(N3CCCC4(CCC4)C3)nc(OC[C@@]34CCCN3C[C@H](F)C4)nc2c1F. The monoisotopic (exact) mass is 692 g/mol. The van der Waals surface area contributed by atoms with Gasteiger partial charge in [-0.1, -0.05) is 18.0 Å². The highest BCUT2D eigenvalue weighted by atomic mass is 35.5. The summed E-state index contributed by atoms with van der Waals surface area (Å²) < 4.78 is 43.3. The fourth-order valence-corrected chi connectivity index (χ4v) is 9.63. The van der Waals surface area contributed by atoms with Gasteiger partial charge in [0.1, 0.15) is 29.8 Å². The Balaban J connectivity index is 1.16. The molecule has 4 aromatic rings. The molecule has 6 heterocycles. The molecule has 2 aliphatic carbocycles. The first kappa shape index (κ1) is 31.2. The summed E-state index contributed by atoms with van der Waals surface area (Å²) in [5.41, 5.74) is 7.18. The highest BCUT2D eigenvalue weighted by Gasteiger charge is 2.50. The van der Waals surface area contributed by atoms with Gasteiger partial charge >= 0.3 is 12.1 Å². The Hall–Kier alpha value is -3.84. The van der Waals surface area contributed by atoms with Gasteiger partial charge in [0.15, 0.2) is 5.82 Å². The zero-order valence-electron chi connectivity index (χ0n) is 27.2. The smallest absolute Gasteiger partial charge is 0.404 e. The fraction of sp³-hybridized carbons (Fsp3) is 0.571. The lowest BCUT2D eigenvalue weighted by Gasteiger charge is -2.49. The molecule has 0 radical (unpaired) electrons. The molecule has 49 heavy (non-hydrogen) atoms. The number of pyridine rings is 1. The Morgan fingerprint density at radius 1 is 1.12 bits per heavy atom. The van der Waals surface area contributed by atoms with Crippen molar-refractivity contribution in [3.63, 3.8) is 0 Å². The number of primary amides is 1. The van der Waals surface area contributed by atoms with Crippen LogP contribution in [0.25, 0.3) is 33.1 Å². The van der Waals surface area contributed by atoms with E-state index in [1.54, 1.807) is 18.5 Å². The molecule has 3 aromatic heterocycles. The average molecular weight is 693 g/mol. The van der Waals surface area contributed by atoms with Gasteiger partial charge in [-0.25, -0.2) is 13.6 Å². The topological polar surface area (TPSA) is 135 Å². The van der Waals surface area contributed by atoms with E-state index in [4.69, 9.17) is 41.8 Å². The van der Waals surface area contributed by atoms with Gasteiger partial charge in [-0.3, -0.25) is 15.0 Å². The summed E-state index contributed by atoms with van der Waals surface area (Å²) in [5, 5.41) is 8.81. The average Bonchev–Trinajstić information content (AvgIpc) is 3.31. The van der Waals surface area contributed by atoms with E-state index in [-0.39, 0.29) is 47.7 Å². The van der Waals surface area contributed by atoms with Crippen molar-refractivity contribution in [3.05, 3.63) is 34.9 Å². The molecule has 258 valence electrons. The molecule has 9 rings (SSSR count). The van der Waals surface area contributed by atoms with Crippen molar-refractivity contribution in [2.45, 2.75) is 75.4 Å². The zero-order chi connectivity index (χ0) is 33.5. The lowest BCUT2D eigenvalue weighted by atomic mass is 9.64. The van der Waals surface area contributed by atoms with Gasteiger partial charge in [-0.2, -0.15) is 15.1 Å². The number of anilines is 1. The molecule has 1 spiro atoms. The summed E-state index contributed by atoms with van der Waals surface area (Å²) >= 11 is 6.89. The van der Waals surface area contributed by atoms with Crippen molar-refractivity contribution in [2.75, 3.05) is 44.3 Å². The number of amides is 1. The van der Waals surface area contributed by atoms with Crippen molar-refractivity contribution in [2.24, 2.45) is 17.1 Å². The molecule has 3 N–H and O–H groups in total. The van der Waals surface area contributed by atoms with Crippen molar-refractivity contribution in [1.29, 1.82) is 0 Å². The molecule has 14 heteroatoms. The molecule has 3 saturated heterocycles. The highest BCUT2D eigenvalue weighted by Crippen LogP contribution is 2.55. The van der Waals surface area contributed by atoms with E-state index in [0.29, 0.717) is 52.1 Å². The van der Waals surface area contributed by atoms with E-state index in [9.17, 15) is 9.18 Å². The number of nitrogens with zero attached hydrogens (tertiary/aromatic N) is 6. The molecule has 2 saturated carbocycles. The Morgan fingerprint density at radius 2 is 1.96 bits per heavy atom. The highest BCUT2D eigenvalue weighted by molar-refractivity contribution is 6.33. The summed E-state index contributed by atoms with van der Waals surface area (Å²) in [6, 6.07) is 1.86. The fourth-order valence-electron chi connectivity index (χ4n) is 9.29. The number of halogens is 3. The van der Waals surface area contributed by atoms with Gasteiger partial charge < -0.3 is 20.1 Å². The van der Waals surface area contributed by atoms with Crippen LogP contribution in [-0.4, -0.2) is 87.2 Å². The van der Waals surface area contributed by atoms with Crippen molar-refractivity contribution in [1.82, 2.24) is 30.0 Å². The lowest BCUT2D eigenvalue weighted by molar-refractivity contribution is 0.105. The van der Waals surface area contributed by atoms with E-state index in [1.807, 2.05) is 0 Å². The number of hydrogen-bond donors (Lipinski definition) is 2. The molecule has 4 atom stereocenters. The van der Waals surface area contributed by atoms with Crippen LogP contribution in [0.3, 0.4) is 0 Å². The Kier molecular flexibility index (Phi) is 7.39. The van der Waals surface area contributed by atoms with E-state index < -0.39 is 23.6 Å². The maximum Gasteiger partial charge on any atom is 0.404 e. The van der Waals surface area contributed by atoms with Crippen LogP contribution in [-0.2, 0) is 4.74 Å². The van der Waals surface area contributed by atoms with Gasteiger partial charge in [-0.05, 0) is 74.5 Å². The standard InChI is InChI=1S/C35H39ClF2N8O3/c36-24-11-25-22(14-41-44-25)27(26(24)21-10-19(21)16-48-32(39)47)30-28(38)29-23(13-40-30)31(45-8-2-6-34(17-45)4-1-5-34)43-33(42-29)49-18-35-7-3-9-46(35)15-20(37)12-35/h11,13-14,19-21H,1-10,12,15-18H2,(H2,39,47)(H,41,44)/t19?,20-,21?,35+/m1/s1. The molecule has 5 aliphatic rings. The molecule has 3 aliphatic heterocycles. The Bertz CT molecular complexity index is 1970. The largest absolute Gasteiger partial charge is 0.461 e. The van der Waals surface area contributed by atoms with Crippen LogP contribution in [0.1, 0.15) is 69.3 Å². The number of ether oxygens (including phenoxy) is 2. The molecule has 1 amide bonds. The number of piperidine rings is 1. The van der Waals surface area contributed by atoms with Crippen molar-refractivity contribution < 1.29 is 23.0 Å². The van der Waals surface area contributed by atoms with Crippen molar-refractivity contribution >= 4 is 45.3 Å². The third-order valence-corrected chi connectivity index (χ3v) is 12.3. The minimum absolute atomic E-state index is 0.0162. The van der Waals surface area contributed by atoms with Crippen molar-refractivity contribution in [3.8, 4) is 17.3 Å². The van der Waals surface area contributed by atoms with Gasteiger partial charge in [0.2, 0.25) is 0 Å². The van der Waals surface area contributed by atoms with Crippen LogP contribution in [0.2, 0.25) is 5.02 Å². The molecular formula is C35H39ClF2N8O3. The summed E-state index contributed by atoms with van der Waals surface area (Å²) in [5.74, 6) is -0.102. The number of nitrogens with one attached hydrogen (secondary N) is 1. The normalized spacial score (nSPS) is 27.5. The lowest BCUT2D eigenvalue weighted by Crippen LogP contribution is -2.47. The maximum absolute atomic E-state index is 17.3. The minimum Gasteiger partial charge on any atom is -0.461 e.